The number of piperidine rings is 1. The molecule has 1 N–H and O–H groups in total. The number of hydrogen-bond acceptors (Lipinski definition) is 8. The van der Waals surface area contributed by atoms with Gasteiger partial charge in [0.1, 0.15) is 24.3 Å². The van der Waals surface area contributed by atoms with E-state index in [1.165, 1.54) is 24.3 Å². The van der Waals surface area contributed by atoms with Crippen molar-refractivity contribution >= 4 is 27.7 Å². The van der Waals surface area contributed by atoms with E-state index < -0.39 is 39.4 Å². The largest absolute Gasteiger partial charge is 0.455 e. The van der Waals surface area contributed by atoms with Gasteiger partial charge in [-0.2, -0.15) is 5.26 Å². The van der Waals surface area contributed by atoms with Crippen molar-refractivity contribution in [3.8, 4) is 6.07 Å². The summed E-state index contributed by atoms with van der Waals surface area (Å²) in [7, 11) is -3.97. The zero-order valence-corrected chi connectivity index (χ0v) is 17.7. The lowest BCUT2D eigenvalue weighted by Gasteiger charge is -2.32. The number of nitriles is 1. The Kier molecular flexibility index (Phi) is 5.80. The maximum absolute atomic E-state index is 13.3. The van der Waals surface area contributed by atoms with Crippen LogP contribution in [0.15, 0.2) is 30.3 Å². The van der Waals surface area contributed by atoms with Crippen LogP contribution in [0.1, 0.15) is 40.0 Å². The molecule has 0 radical (unpaired) electrons. The number of carbonyl (C=O) groups excluding carboxylic acids is 2. The number of nitrogens with zero attached hydrogens (tertiary/aromatic N) is 3. The third-order valence-corrected chi connectivity index (χ3v) is 6.65. The Morgan fingerprint density at radius 1 is 1.31 bits per heavy atom. The van der Waals surface area contributed by atoms with Crippen molar-refractivity contribution in [2.45, 2.75) is 25.2 Å². The summed E-state index contributed by atoms with van der Waals surface area (Å²) in [4.78, 5) is 30.5. The van der Waals surface area contributed by atoms with E-state index in [1.54, 1.807) is 0 Å². The third kappa shape index (κ3) is 4.55. The van der Waals surface area contributed by atoms with Crippen LogP contribution in [0, 0.1) is 23.1 Å². The summed E-state index contributed by atoms with van der Waals surface area (Å²) >= 11 is 0. The van der Waals surface area contributed by atoms with Crippen molar-refractivity contribution in [2.75, 3.05) is 18.0 Å². The van der Waals surface area contributed by atoms with Gasteiger partial charge in [0.05, 0.1) is 22.6 Å². The lowest BCUT2D eigenvalue weighted by molar-refractivity contribution is -0.123. The summed E-state index contributed by atoms with van der Waals surface area (Å²) in [6.45, 7) is 0.823. The number of pyridine rings is 1. The minimum atomic E-state index is -3.97. The average molecular weight is 458 g/mol. The highest BCUT2D eigenvalue weighted by Gasteiger charge is 2.31. The van der Waals surface area contributed by atoms with Crippen molar-refractivity contribution < 1.29 is 27.1 Å². The first kappa shape index (κ1) is 21.7. The Hall–Kier alpha value is -3.52. The summed E-state index contributed by atoms with van der Waals surface area (Å²) in [6.07, 6.45) is 0.723. The van der Waals surface area contributed by atoms with Crippen molar-refractivity contribution in [3.05, 3.63) is 58.5 Å². The number of hydrogen-bond donors (Lipinski definition) is 1. The number of nitrogens with one attached hydrogen (secondary N) is 1. The predicted molar refractivity (Wildman–Crippen MR) is 110 cm³/mol. The molecule has 32 heavy (non-hydrogen) atoms. The molecule has 0 bridgehead atoms. The molecular weight excluding hydrogens is 439 g/mol. The van der Waals surface area contributed by atoms with Gasteiger partial charge in [0.15, 0.2) is 0 Å². The Morgan fingerprint density at radius 2 is 2.06 bits per heavy atom. The lowest BCUT2D eigenvalue weighted by atomic mass is 9.96. The molecule has 1 amide bonds. The molecule has 0 saturated carbocycles. The predicted octanol–water partition coefficient (Wildman–Crippen LogP) is 1.63. The van der Waals surface area contributed by atoms with Gasteiger partial charge in [-0.05, 0) is 36.6 Å². The van der Waals surface area contributed by atoms with Gasteiger partial charge in [-0.1, -0.05) is 12.1 Å². The molecule has 11 heteroatoms. The van der Waals surface area contributed by atoms with E-state index in [-0.39, 0.29) is 23.3 Å². The van der Waals surface area contributed by atoms with Crippen LogP contribution in [0.4, 0.5) is 10.2 Å². The Balaban J connectivity index is 1.39. The number of rotatable bonds is 5. The highest BCUT2D eigenvalue weighted by Crippen LogP contribution is 2.29. The molecule has 4 rings (SSSR count). The minimum absolute atomic E-state index is 0.0505. The zero-order chi connectivity index (χ0) is 22.9. The molecule has 2 aliphatic rings. The van der Waals surface area contributed by atoms with Crippen molar-refractivity contribution in [1.29, 1.82) is 5.26 Å². The minimum Gasteiger partial charge on any atom is -0.455 e. The van der Waals surface area contributed by atoms with E-state index in [9.17, 15) is 27.7 Å². The fourth-order valence-electron chi connectivity index (χ4n) is 3.83. The van der Waals surface area contributed by atoms with Gasteiger partial charge in [0.2, 0.25) is 15.9 Å². The topological polar surface area (TPSA) is 129 Å². The molecule has 2 aromatic rings. The zero-order valence-electron chi connectivity index (χ0n) is 16.9. The Morgan fingerprint density at radius 3 is 2.75 bits per heavy atom. The molecule has 1 aromatic carbocycles. The summed E-state index contributed by atoms with van der Waals surface area (Å²) < 4.78 is 44.9. The van der Waals surface area contributed by atoms with Crippen LogP contribution in [-0.4, -0.2) is 38.4 Å². The standard InChI is InChI=1S/C21H19FN4O5S/c22-16-3-1-2-13(8-16)12-32(29,30)25-20(27)14-4-6-26(7-5-14)19-15(10-23)9-17-18(24-19)11-31-21(17)28/h1-3,8-9,14H,4-7,11-12H2,(H,25,27). The molecule has 1 aromatic heterocycles. The number of anilines is 1. The van der Waals surface area contributed by atoms with Crippen molar-refractivity contribution in [2.24, 2.45) is 5.92 Å². The van der Waals surface area contributed by atoms with E-state index >= 15 is 0 Å². The van der Waals surface area contributed by atoms with Crippen LogP contribution in [0.2, 0.25) is 0 Å². The number of esters is 1. The summed E-state index contributed by atoms with van der Waals surface area (Å²) in [5.41, 5.74) is 1.23. The van der Waals surface area contributed by atoms with Gasteiger partial charge in [-0.25, -0.2) is 22.6 Å². The number of halogens is 1. The van der Waals surface area contributed by atoms with Gasteiger partial charge in [0, 0.05) is 19.0 Å². The van der Waals surface area contributed by atoms with Crippen LogP contribution in [0.25, 0.3) is 0 Å². The maximum Gasteiger partial charge on any atom is 0.340 e. The molecule has 0 atom stereocenters. The molecule has 1 fully saturated rings. The monoisotopic (exact) mass is 458 g/mol. The quantitative estimate of drug-likeness (QED) is 0.669. The fourth-order valence-corrected chi connectivity index (χ4v) is 5.00. The van der Waals surface area contributed by atoms with Gasteiger partial charge in [-0.15, -0.1) is 0 Å². The molecule has 1 saturated heterocycles. The number of ether oxygens (including phenoxy) is 1. The number of fused-ring (bicyclic) bond motifs is 1. The van der Waals surface area contributed by atoms with E-state index in [1.807, 2.05) is 11.0 Å². The van der Waals surface area contributed by atoms with Crippen LogP contribution in [-0.2, 0) is 31.9 Å². The van der Waals surface area contributed by atoms with Crippen LogP contribution >= 0.6 is 0 Å². The normalized spacial score (nSPS) is 16.2. The Bertz CT molecular complexity index is 1230. The molecule has 0 aliphatic carbocycles. The van der Waals surface area contributed by atoms with Gasteiger partial charge in [-0.3, -0.25) is 9.52 Å². The van der Waals surface area contributed by atoms with E-state index in [4.69, 9.17) is 4.74 Å². The number of aromatic nitrogens is 1. The van der Waals surface area contributed by atoms with Gasteiger partial charge in [0.25, 0.3) is 0 Å². The molecule has 2 aliphatic heterocycles. The first-order valence-electron chi connectivity index (χ1n) is 9.90. The number of carbonyl (C=O) groups is 2. The van der Waals surface area contributed by atoms with Crippen LogP contribution in [0.5, 0.6) is 0 Å². The summed E-state index contributed by atoms with van der Waals surface area (Å²) in [6, 6.07) is 8.70. The van der Waals surface area contributed by atoms with E-state index in [0.717, 1.165) is 6.07 Å². The molecule has 9 nitrogen and oxygen atoms in total. The summed E-state index contributed by atoms with van der Waals surface area (Å²) in [5.74, 6) is -2.28. The third-order valence-electron chi connectivity index (χ3n) is 5.43. The first-order valence-corrected chi connectivity index (χ1v) is 11.6. The van der Waals surface area contributed by atoms with E-state index in [2.05, 4.69) is 9.71 Å². The molecule has 0 unspecified atom stereocenters. The van der Waals surface area contributed by atoms with Gasteiger partial charge >= 0.3 is 5.97 Å². The second-order valence-corrected chi connectivity index (χ2v) is 9.38. The fraction of sp³-hybridized carbons (Fsp3) is 0.333. The van der Waals surface area contributed by atoms with Crippen molar-refractivity contribution in [3.63, 3.8) is 0 Å². The molecule has 0 spiro atoms. The number of amides is 1. The highest BCUT2D eigenvalue weighted by molar-refractivity contribution is 7.89. The maximum atomic E-state index is 13.3. The lowest BCUT2D eigenvalue weighted by Crippen LogP contribution is -2.43. The molecule has 3 heterocycles. The number of sulfonamides is 1. The Labute approximate surface area is 183 Å². The highest BCUT2D eigenvalue weighted by atomic mass is 32.2. The van der Waals surface area contributed by atoms with Crippen LogP contribution in [0.3, 0.4) is 0 Å². The van der Waals surface area contributed by atoms with Crippen molar-refractivity contribution in [1.82, 2.24) is 9.71 Å². The number of benzene rings is 1. The van der Waals surface area contributed by atoms with Crippen LogP contribution < -0.4 is 9.62 Å². The SMILES string of the molecule is N#Cc1cc2c(nc1N1CCC(C(=O)NS(=O)(=O)Cc3cccc(F)c3)CC1)COC2=O. The second kappa shape index (κ2) is 8.55. The second-order valence-electron chi connectivity index (χ2n) is 7.66. The molecular formula is C21H19FN4O5S. The van der Waals surface area contributed by atoms with E-state index in [0.29, 0.717) is 37.4 Å². The smallest absolute Gasteiger partial charge is 0.340 e. The first-order chi connectivity index (χ1) is 15.3. The van der Waals surface area contributed by atoms with Gasteiger partial charge < -0.3 is 9.64 Å². The number of cyclic esters (lactones) is 1. The average Bonchev–Trinajstić information content (AvgIpc) is 3.12. The summed E-state index contributed by atoms with van der Waals surface area (Å²) in [5, 5.41) is 9.45. The molecule has 166 valence electrons.